The molecule has 1 unspecified atom stereocenters. The van der Waals surface area contributed by atoms with E-state index in [0.29, 0.717) is 5.69 Å². The summed E-state index contributed by atoms with van der Waals surface area (Å²) in [4.78, 5) is 6.23. The summed E-state index contributed by atoms with van der Waals surface area (Å²) in [5.74, 6) is -0.246. The van der Waals surface area contributed by atoms with E-state index in [1.807, 2.05) is 12.1 Å². The third-order valence-corrected chi connectivity index (χ3v) is 3.65. The molecule has 1 aliphatic heterocycles. The Morgan fingerprint density at radius 2 is 2.00 bits per heavy atom. The topological polar surface area (TPSA) is 42.1 Å². The van der Waals surface area contributed by atoms with Crippen molar-refractivity contribution in [3.8, 4) is 0 Å². The van der Waals surface area contributed by atoms with Gasteiger partial charge in [-0.05, 0) is 48.7 Å². The van der Waals surface area contributed by atoms with Crippen LogP contribution < -0.4 is 10.6 Å². The zero-order chi connectivity index (χ0) is 13.2. The molecule has 0 amide bonds. The molecular formula is C15H16FN3. The highest BCUT2D eigenvalue weighted by atomic mass is 19.1. The van der Waals surface area contributed by atoms with Crippen LogP contribution in [-0.4, -0.2) is 11.5 Å². The number of benzene rings is 1. The van der Waals surface area contributed by atoms with Crippen molar-refractivity contribution in [3.63, 3.8) is 0 Å². The summed E-state index contributed by atoms with van der Waals surface area (Å²) in [6.45, 7) is 0.903. The van der Waals surface area contributed by atoms with Crippen molar-refractivity contribution in [2.24, 2.45) is 0 Å². The second-order valence-corrected chi connectivity index (χ2v) is 4.84. The van der Waals surface area contributed by atoms with Crippen LogP contribution in [0.4, 0.5) is 15.8 Å². The van der Waals surface area contributed by atoms with Gasteiger partial charge in [0.1, 0.15) is 5.82 Å². The number of rotatable bonds is 2. The Balaban J connectivity index is 1.97. The van der Waals surface area contributed by atoms with Gasteiger partial charge in [0.15, 0.2) is 0 Å². The highest BCUT2D eigenvalue weighted by Gasteiger charge is 2.27. The lowest BCUT2D eigenvalue weighted by atomic mass is 10.1. The number of pyridine rings is 1. The number of nitrogens with zero attached hydrogens (tertiary/aromatic N) is 2. The van der Waals surface area contributed by atoms with Crippen LogP contribution in [0.5, 0.6) is 0 Å². The molecule has 0 saturated carbocycles. The Morgan fingerprint density at radius 3 is 2.79 bits per heavy atom. The van der Waals surface area contributed by atoms with E-state index in [0.717, 1.165) is 25.1 Å². The molecule has 2 aromatic rings. The van der Waals surface area contributed by atoms with Crippen LogP contribution >= 0.6 is 0 Å². The number of nitrogens with two attached hydrogens (primary N) is 1. The Bertz CT molecular complexity index is 571. The maximum atomic E-state index is 13.4. The zero-order valence-corrected chi connectivity index (χ0v) is 10.6. The number of aromatic nitrogens is 1. The standard InChI is InChI=1S/C15H16FN3/c16-12-3-4-13(17)15(10-12)19-9-1-2-14(19)11-5-7-18-8-6-11/h3-8,10,14H,1-2,9,17H2. The lowest BCUT2D eigenvalue weighted by molar-refractivity contribution is 0.625. The van der Waals surface area contributed by atoms with Crippen molar-refractivity contribution in [2.45, 2.75) is 18.9 Å². The first-order valence-corrected chi connectivity index (χ1v) is 6.47. The average molecular weight is 257 g/mol. The first-order chi connectivity index (χ1) is 9.25. The number of halogens is 1. The average Bonchev–Trinajstić information content (AvgIpc) is 2.91. The molecule has 0 radical (unpaired) electrons. The van der Waals surface area contributed by atoms with Gasteiger partial charge in [0, 0.05) is 18.9 Å². The lowest BCUT2D eigenvalue weighted by Crippen LogP contribution is -2.23. The first-order valence-electron chi connectivity index (χ1n) is 6.47. The van der Waals surface area contributed by atoms with Gasteiger partial charge in [-0.3, -0.25) is 4.98 Å². The van der Waals surface area contributed by atoms with E-state index in [2.05, 4.69) is 9.88 Å². The maximum Gasteiger partial charge on any atom is 0.125 e. The fourth-order valence-corrected chi connectivity index (χ4v) is 2.75. The minimum atomic E-state index is -0.246. The van der Waals surface area contributed by atoms with Crippen LogP contribution in [0.25, 0.3) is 0 Å². The minimum Gasteiger partial charge on any atom is -0.397 e. The third-order valence-electron chi connectivity index (χ3n) is 3.65. The number of nitrogen functional groups attached to an aromatic ring is 1. The first kappa shape index (κ1) is 12.0. The summed E-state index contributed by atoms with van der Waals surface area (Å²) in [5.41, 5.74) is 8.61. The molecule has 4 heteroatoms. The Hall–Kier alpha value is -2.10. The zero-order valence-electron chi connectivity index (χ0n) is 10.6. The van der Waals surface area contributed by atoms with E-state index in [1.165, 1.54) is 17.7 Å². The van der Waals surface area contributed by atoms with Crippen molar-refractivity contribution >= 4 is 11.4 Å². The smallest absolute Gasteiger partial charge is 0.125 e. The fraction of sp³-hybridized carbons (Fsp3) is 0.267. The molecule has 19 heavy (non-hydrogen) atoms. The second kappa shape index (κ2) is 4.88. The van der Waals surface area contributed by atoms with Gasteiger partial charge in [-0.2, -0.15) is 0 Å². The monoisotopic (exact) mass is 257 g/mol. The predicted molar refractivity (Wildman–Crippen MR) is 74.4 cm³/mol. The molecule has 0 bridgehead atoms. The van der Waals surface area contributed by atoms with E-state index in [1.54, 1.807) is 18.5 Å². The Labute approximate surface area is 111 Å². The molecule has 1 aromatic carbocycles. The normalized spacial score (nSPS) is 18.8. The fourth-order valence-electron chi connectivity index (χ4n) is 2.75. The van der Waals surface area contributed by atoms with Gasteiger partial charge in [0.25, 0.3) is 0 Å². The quantitative estimate of drug-likeness (QED) is 0.840. The van der Waals surface area contributed by atoms with E-state index in [-0.39, 0.29) is 11.9 Å². The molecule has 2 heterocycles. The van der Waals surface area contributed by atoms with Crippen LogP contribution in [0.3, 0.4) is 0 Å². The highest BCUT2D eigenvalue weighted by Crippen LogP contribution is 2.38. The van der Waals surface area contributed by atoms with Gasteiger partial charge in [-0.25, -0.2) is 4.39 Å². The van der Waals surface area contributed by atoms with Gasteiger partial charge in [-0.1, -0.05) is 0 Å². The van der Waals surface area contributed by atoms with Crippen molar-refractivity contribution in [3.05, 3.63) is 54.1 Å². The lowest BCUT2D eigenvalue weighted by Gasteiger charge is -2.28. The SMILES string of the molecule is Nc1ccc(F)cc1N1CCCC1c1ccncc1. The number of hydrogen-bond acceptors (Lipinski definition) is 3. The van der Waals surface area contributed by atoms with Crippen LogP contribution in [0.1, 0.15) is 24.4 Å². The summed E-state index contributed by atoms with van der Waals surface area (Å²) < 4.78 is 13.4. The third kappa shape index (κ3) is 2.26. The van der Waals surface area contributed by atoms with Gasteiger partial charge in [0.05, 0.1) is 17.4 Å². The van der Waals surface area contributed by atoms with Crippen LogP contribution in [-0.2, 0) is 0 Å². The summed E-state index contributed by atoms with van der Waals surface area (Å²) in [6, 6.07) is 8.83. The minimum absolute atomic E-state index is 0.246. The van der Waals surface area contributed by atoms with E-state index >= 15 is 0 Å². The van der Waals surface area contributed by atoms with Gasteiger partial charge < -0.3 is 10.6 Å². The molecule has 0 aliphatic carbocycles. The molecule has 0 spiro atoms. The summed E-state index contributed by atoms with van der Waals surface area (Å²) >= 11 is 0. The van der Waals surface area contributed by atoms with Crippen molar-refractivity contribution in [1.29, 1.82) is 0 Å². The number of anilines is 2. The molecule has 1 atom stereocenters. The molecule has 1 aliphatic rings. The summed E-state index contributed by atoms with van der Waals surface area (Å²) in [7, 11) is 0. The van der Waals surface area contributed by atoms with Crippen LogP contribution in [0.2, 0.25) is 0 Å². The van der Waals surface area contributed by atoms with Crippen molar-refractivity contribution in [2.75, 3.05) is 17.2 Å². The summed E-state index contributed by atoms with van der Waals surface area (Å²) in [6.07, 6.45) is 5.73. The molecule has 1 saturated heterocycles. The largest absolute Gasteiger partial charge is 0.397 e. The summed E-state index contributed by atoms with van der Waals surface area (Å²) in [5, 5.41) is 0. The molecule has 1 fully saturated rings. The van der Waals surface area contributed by atoms with Crippen molar-refractivity contribution < 1.29 is 4.39 Å². The molecule has 2 N–H and O–H groups in total. The van der Waals surface area contributed by atoms with Crippen molar-refractivity contribution in [1.82, 2.24) is 4.98 Å². The van der Waals surface area contributed by atoms with Crippen LogP contribution in [0.15, 0.2) is 42.7 Å². The molecule has 3 nitrogen and oxygen atoms in total. The van der Waals surface area contributed by atoms with Gasteiger partial charge >= 0.3 is 0 Å². The highest BCUT2D eigenvalue weighted by molar-refractivity contribution is 5.68. The Kier molecular flexibility index (Phi) is 3.07. The molecule has 1 aromatic heterocycles. The molecular weight excluding hydrogens is 241 g/mol. The van der Waals surface area contributed by atoms with E-state index < -0.39 is 0 Å². The van der Waals surface area contributed by atoms with Gasteiger partial charge in [-0.15, -0.1) is 0 Å². The Morgan fingerprint density at radius 1 is 1.21 bits per heavy atom. The second-order valence-electron chi connectivity index (χ2n) is 4.84. The number of hydrogen-bond donors (Lipinski definition) is 1. The predicted octanol–water partition coefficient (Wildman–Crippen LogP) is 3.14. The van der Waals surface area contributed by atoms with E-state index in [9.17, 15) is 4.39 Å². The maximum absolute atomic E-state index is 13.4. The molecule has 98 valence electrons. The molecule has 3 rings (SSSR count). The van der Waals surface area contributed by atoms with E-state index in [4.69, 9.17) is 5.73 Å². The van der Waals surface area contributed by atoms with Crippen LogP contribution in [0, 0.1) is 5.82 Å². The van der Waals surface area contributed by atoms with Gasteiger partial charge in [0.2, 0.25) is 0 Å².